The van der Waals surface area contributed by atoms with Crippen molar-refractivity contribution in [3.63, 3.8) is 0 Å². The van der Waals surface area contributed by atoms with Gasteiger partial charge in [-0.2, -0.15) is 0 Å². The van der Waals surface area contributed by atoms with Gasteiger partial charge < -0.3 is 15.4 Å². The van der Waals surface area contributed by atoms with E-state index in [9.17, 15) is 9.59 Å². The van der Waals surface area contributed by atoms with Crippen LogP contribution < -0.4 is 15.4 Å². The predicted octanol–water partition coefficient (Wildman–Crippen LogP) is 1.16. The Labute approximate surface area is 167 Å². The fourth-order valence-corrected chi connectivity index (χ4v) is 3.62. The maximum absolute atomic E-state index is 12.5. The van der Waals surface area contributed by atoms with Crippen LogP contribution in [0.1, 0.15) is 38.3 Å². The number of hydrogen-bond donors (Lipinski definition) is 2. The number of benzene rings is 1. The number of nitrogens with zero attached hydrogens (tertiary/aromatic N) is 2. The molecule has 7 heteroatoms. The fraction of sp³-hybridized carbons (Fsp3) is 0.619. The lowest BCUT2D eigenvalue weighted by molar-refractivity contribution is -0.128. The third kappa shape index (κ3) is 5.45. The van der Waals surface area contributed by atoms with Crippen molar-refractivity contribution >= 4 is 11.8 Å². The summed E-state index contributed by atoms with van der Waals surface area (Å²) in [5.41, 5.74) is 0.971. The number of carbonyl (C=O) groups is 2. The topological polar surface area (TPSA) is 73.9 Å². The molecule has 2 fully saturated rings. The van der Waals surface area contributed by atoms with Gasteiger partial charge in [-0.3, -0.25) is 19.4 Å². The average Bonchev–Trinajstić information content (AvgIpc) is 3.51. The van der Waals surface area contributed by atoms with Gasteiger partial charge in [0.05, 0.1) is 25.7 Å². The van der Waals surface area contributed by atoms with Crippen LogP contribution in [-0.4, -0.2) is 73.5 Å². The number of methoxy groups -OCH3 is 1. The molecule has 0 aromatic heterocycles. The van der Waals surface area contributed by atoms with Crippen molar-refractivity contribution in [1.29, 1.82) is 0 Å². The van der Waals surface area contributed by atoms with E-state index in [-0.39, 0.29) is 23.9 Å². The Balaban J connectivity index is 1.42. The predicted molar refractivity (Wildman–Crippen MR) is 108 cm³/mol. The molecule has 2 unspecified atom stereocenters. The lowest BCUT2D eigenvalue weighted by Gasteiger charge is -2.37. The molecule has 0 spiro atoms. The number of amides is 2. The fourth-order valence-electron chi connectivity index (χ4n) is 3.62. The molecule has 1 aromatic rings. The van der Waals surface area contributed by atoms with Crippen LogP contribution in [0.3, 0.4) is 0 Å². The van der Waals surface area contributed by atoms with Crippen molar-refractivity contribution in [2.45, 2.75) is 44.8 Å². The van der Waals surface area contributed by atoms with E-state index < -0.39 is 0 Å². The lowest BCUT2D eigenvalue weighted by atomic mass is 10.1. The first-order chi connectivity index (χ1) is 13.5. The van der Waals surface area contributed by atoms with Crippen LogP contribution in [-0.2, 0) is 9.59 Å². The highest BCUT2D eigenvalue weighted by Crippen LogP contribution is 2.24. The second kappa shape index (κ2) is 9.39. The second-order valence-corrected chi connectivity index (χ2v) is 7.80. The van der Waals surface area contributed by atoms with Crippen LogP contribution >= 0.6 is 0 Å². The minimum Gasteiger partial charge on any atom is -0.496 e. The van der Waals surface area contributed by atoms with Crippen molar-refractivity contribution in [3.8, 4) is 5.75 Å². The van der Waals surface area contributed by atoms with Crippen LogP contribution in [0, 0.1) is 0 Å². The SMILES string of the molecule is COc1ccccc1C(C)NC(=O)CN1CCN(C(C)C(=O)NC2CC2)CC1. The van der Waals surface area contributed by atoms with E-state index in [1.807, 2.05) is 38.1 Å². The van der Waals surface area contributed by atoms with Crippen LogP contribution in [0.4, 0.5) is 0 Å². The van der Waals surface area contributed by atoms with E-state index in [0.717, 1.165) is 50.3 Å². The third-order valence-electron chi connectivity index (χ3n) is 5.61. The highest BCUT2D eigenvalue weighted by Gasteiger charge is 2.30. The minimum absolute atomic E-state index is 0.00591. The Bertz CT molecular complexity index is 684. The minimum atomic E-state index is -0.115. The van der Waals surface area contributed by atoms with E-state index in [4.69, 9.17) is 4.74 Å². The number of nitrogens with one attached hydrogen (secondary N) is 2. The molecule has 1 heterocycles. The first-order valence-electron chi connectivity index (χ1n) is 10.2. The smallest absolute Gasteiger partial charge is 0.237 e. The van der Waals surface area contributed by atoms with Gasteiger partial charge in [-0.05, 0) is 32.8 Å². The number of para-hydroxylation sites is 1. The molecule has 0 radical (unpaired) electrons. The molecular weight excluding hydrogens is 356 g/mol. The Morgan fingerprint density at radius 3 is 2.46 bits per heavy atom. The molecule has 1 saturated heterocycles. The summed E-state index contributed by atoms with van der Waals surface area (Å²) in [5, 5.41) is 6.13. The standard InChI is InChI=1S/C21H32N4O3/c1-15(18-6-4-5-7-19(18)28-3)22-20(26)14-24-10-12-25(13-11-24)16(2)21(27)23-17-8-9-17/h4-7,15-17H,8-14H2,1-3H3,(H,22,26)(H,23,27). The monoisotopic (exact) mass is 388 g/mol. The van der Waals surface area contributed by atoms with Crippen molar-refractivity contribution < 1.29 is 14.3 Å². The molecule has 3 rings (SSSR count). The van der Waals surface area contributed by atoms with Crippen LogP contribution in [0.15, 0.2) is 24.3 Å². The molecule has 7 nitrogen and oxygen atoms in total. The van der Waals surface area contributed by atoms with Gasteiger partial charge in [-0.25, -0.2) is 0 Å². The maximum Gasteiger partial charge on any atom is 0.237 e. The van der Waals surface area contributed by atoms with E-state index >= 15 is 0 Å². The van der Waals surface area contributed by atoms with Crippen LogP contribution in [0.2, 0.25) is 0 Å². The van der Waals surface area contributed by atoms with Gasteiger partial charge >= 0.3 is 0 Å². The average molecular weight is 389 g/mol. The molecule has 1 aliphatic carbocycles. The summed E-state index contributed by atoms with van der Waals surface area (Å²) in [5.74, 6) is 0.910. The molecule has 1 aliphatic heterocycles. The lowest BCUT2D eigenvalue weighted by Crippen LogP contribution is -2.55. The van der Waals surface area contributed by atoms with Gasteiger partial charge in [0.25, 0.3) is 0 Å². The summed E-state index contributed by atoms with van der Waals surface area (Å²) < 4.78 is 5.38. The van der Waals surface area contributed by atoms with Crippen LogP contribution in [0.5, 0.6) is 5.75 Å². The summed E-state index contributed by atoms with van der Waals surface area (Å²) in [7, 11) is 1.64. The van der Waals surface area contributed by atoms with Gasteiger partial charge in [0.15, 0.2) is 0 Å². The second-order valence-electron chi connectivity index (χ2n) is 7.80. The van der Waals surface area contributed by atoms with Gasteiger partial charge in [0.1, 0.15) is 5.75 Å². The summed E-state index contributed by atoms with van der Waals surface area (Å²) in [6.07, 6.45) is 2.21. The summed E-state index contributed by atoms with van der Waals surface area (Å²) in [4.78, 5) is 29.0. The van der Waals surface area contributed by atoms with Crippen molar-refractivity contribution in [2.24, 2.45) is 0 Å². The molecule has 1 aromatic carbocycles. The van der Waals surface area contributed by atoms with Gasteiger partial charge in [-0.1, -0.05) is 18.2 Å². The zero-order chi connectivity index (χ0) is 20.1. The van der Waals surface area contributed by atoms with E-state index in [0.29, 0.717) is 12.6 Å². The Morgan fingerprint density at radius 2 is 1.82 bits per heavy atom. The van der Waals surface area contributed by atoms with Gasteiger partial charge in [-0.15, -0.1) is 0 Å². The summed E-state index contributed by atoms with van der Waals surface area (Å²) in [6.45, 7) is 7.48. The molecule has 2 atom stereocenters. The summed E-state index contributed by atoms with van der Waals surface area (Å²) >= 11 is 0. The van der Waals surface area contributed by atoms with E-state index in [2.05, 4.69) is 20.4 Å². The van der Waals surface area contributed by atoms with Crippen molar-refractivity contribution in [3.05, 3.63) is 29.8 Å². The molecule has 2 amide bonds. The van der Waals surface area contributed by atoms with E-state index in [1.54, 1.807) is 7.11 Å². The molecule has 0 bridgehead atoms. The molecule has 28 heavy (non-hydrogen) atoms. The summed E-state index contributed by atoms with van der Waals surface area (Å²) in [6, 6.07) is 7.90. The Hall–Kier alpha value is -2.12. The zero-order valence-corrected chi connectivity index (χ0v) is 17.1. The Kier molecular flexibility index (Phi) is 6.91. The largest absolute Gasteiger partial charge is 0.496 e. The first-order valence-corrected chi connectivity index (χ1v) is 10.2. The van der Waals surface area contributed by atoms with Crippen molar-refractivity contribution in [1.82, 2.24) is 20.4 Å². The highest BCUT2D eigenvalue weighted by atomic mass is 16.5. The van der Waals surface area contributed by atoms with Gasteiger partial charge in [0.2, 0.25) is 11.8 Å². The zero-order valence-electron chi connectivity index (χ0n) is 17.1. The quantitative estimate of drug-likeness (QED) is 0.699. The molecule has 2 N–H and O–H groups in total. The number of ether oxygens (including phenoxy) is 1. The molecule has 154 valence electrons. The highest BCUT2D eigenvalue weighted by molar-refractivity contribution is 5.82. The molecular formula is C21H32N4O3. The number of piperazine rings is 1. The van der Waals surface area contributed by atoms with Crippen molar-refractivity contribution in [2.75, 3.05) is 39.8 Å². The number of rotatable bonds is 8. The maximum atomic E-state index is 12.5. The van der Waals surface area contributed by atoms with Crippen LogP contribution in [0.25, 0.3) is 0 Å². The first kappa shape index (κ1) is 20.6. The number of hydrogen-bond acceptors (Lipinski definition) is 5. The Morgan fingerprint density at radius 1 is 1.14 bits per heavy atom. The molecule has 1 saturated carbocycles. The van der Waals surface area contributed by atoms with E-state index in [1.165, 1.54) is 0 Å². The molecule has 2 aliphatic rings. The normalized spacial score (nSPS) is 20.2. The number of carbonyl (C=O) groups excluding carboxylic acids is 2. The third-order valence-corrected chi connectivity index (χ3v) is 5.61. The van der Waals surface area contributed by atoms with Gasteiger partial charge in [0, 0.05) is 37.8 Å².